The Morgan fingerprint density at radius 3 is 2.60 bits per heavy atom. The predicted molar refractivity (Wildman–Crippen MR) is 97.0 cm³/mol. The number of benzene rings is 1. The van der Waals surface area contributed by atoms with Gasteiger partial charge in [0, 0.05) is 28.7 Å². The zero-order valence-electron chi connectivity index (χ0n) is 13.5. The number of halogens is 2. The second-order valence-electron chi connectivity index (χ2n) is 5.90. The first-order chi connectivity index (χ1) is 12.0. The number of carbonyl (C=O) groups is 1. The molecule has 2 aromatic rings. The first kappa shape index (κ1) is 17.8. The summed E-state index contributed by atoms with van der Waals surface area (Å²) in [5.41, 5.74) is 6.12. The molecule has 0 spiro atoms. The second-order valence-corrected chi connectivity index (χ2v) is 6.71. The molecule has 8 heteroatoms. The number of primary amides is 1. The number of ether oxygens (including phenoxy) is 1. The lowest BCUT2D eigenvalue weighted by Crippen LogP contribution is -2.41. The number of aromatic nitrogens is 2. The lowest BCUT2D eigenvalue weighted by molar-refractivity contribution is -0.122. The standard InChI is InChI=1S/C17H18Cl2N4O2/c18-14-4-1-5-15(19)13(14)10-25-12-7-21-17(22-8-12)23-6-2-3-11(9-23)16(20)24/h1,4-5,7-8,11H,2-3,6,9-10H2,(H2,20,24). The van der Waals surface area contributed by atoms with Crippen LogP contribution in [0.4, 0.5) is 5.95 Å². The number of nitrogens with two attached hydrogens (primary N) is 1. The summed E-state index contributed by atoms with van der Waals surface area (Å²) < 4.78 is 5.67. The van der Waals surface area contributed by atoms with Crippen LogP contribution in [-0.2, 0) is 11.4 Å². The van der Waals surface area contributed by atoms with Crippen molar-refractivity contribution < 1.29 is 9.53 Å². The van der Waals surface area contributed by atoms with E-state index < -0.39 is 0 Å². The van der Waals surface area contributed by atoms with Crippen molar-refractivity contribution in [3.8, 4) is 5.75 Å². The van der Waals surface area contributed by atoms with Crippen LogP contribution < -0.4 is 15.4 Å². The molecule has 0 radical (unpaired) electrons. The Hall–Kier alpha value is -2.05. The van der Waals surface area contributed by atoms with Gasteiger partial charge in [0.1, 0.15) is 6.61 Å². The third-order valence-electron chi connectivity index (χ3n) is 4.17. The van der Waals surface area contributed by atoms with Crippen LogP contribution in [0.25, 0.3) is 0 Å². The molecule has 0 saturated carbocycles. The maximum atomic E-state index is 11.4. The molecule has 1 aliphatic rings. The normalized spacial score (nSPS) is 17.4. The van der Waals surface area contributed by atoms with E-state index in [9.17, 15) is 4.79 Å². The van der Waals surface area contributed by atoms with E-state index in [1.54, 1.807) is 30.6 Å². The van der Waals surface area contributed by atoms with Crippen molar-refractivity contribution in [3.05, 3.63) is 46.2 Å². The van der Waals surface area contributed by atoms with Crippen LogP contribution in [0.5, 0.6) is 5.75 Å². The summed E-state index contributed by atoms with van der Waals surface area (Å²) in [5, 5.41) is 1.10. The molecular weight excluding hydrogens is 363 g/mol. The van der Waals surface area contributed by atoms with Gasteiger partial charge in [-0.3, -0.25) is 4.79 Å². The SMILES string of the molecule is NC(=O)C1CCCN(c2ncc(OCc3c(Cl)cccc3Cl)cn2)C1. The van der Waals surface area contributed by atoms with Crippen LogP contribution in [0.15, 0.2) is 30.6 Å². The van der Waals surface area contributed by atoms with Crippen molar-refractivity contribution in [2.24, 2.45) is 11.7 Å². The van der Waals surface area contributed by atoms with Gasteiger partial charge in [-0.15, -0.1) is 0 Å². The fourth-order valence-electron chi connectivity index (χ4n) is 2.76. The van der Waals surface area contributed by atoms with Crippen LogP contribution in [0.2, 0.25) is 10.0 Å². The average Bonchev–Trinajstić information content (AvgIpc) is 2.62. The number of hydrogen-bond donors (Lipinski definition) is 1. The molecule has 1 atom stereocenters. The third-order valence-corrected chi connectivity index (χ3v) is 4.87. The number of anilines is 1. The van der Waals surface area contributed by atoms with Gasteiger partial charge in [0.15, 0.2) is 5.75 Å². The van der Waals surface area contributed by atoms with Crippen LogP contribution in [0.1, 0.15) is 18.4 Å². The topological polar surface area (TPSA) is 81.3 Å². The molecule has 3 rings (SSSR count). The van der Waals surface area contributed by atoms with Crippen LogP contribution in [0, 0.1) is 5.92 Å². The van der Waals surface area contributed by atoms with Gasteiger partial charge in [0.25, 0.3) is 0 Å². The Morgan fingerprint density at radius 2 is 1.96 bits per heavy atom. The van der Waals surface area contributed by atoms with Crippen molar-refractivity contribution in [1.29, 1.82) is 0 Å². The number of rotatable bonds is 5. The summed E-state index contributed by atoms with van der Waals surface area (Å²) in [4.78, 5) is 22.0. The monoisotopic (exact) mass is 380 g/mol. The summed E-state index contributed by atoms with van der Waals surface area (Å²) >= 11 is 12.2. The molecule has 1 unspecified atom stereocenters. The van der Waals surface area contributed by atoms with Crippen LogP contribution in [0.3, 0.4) is 0 Å². The van der Waals surface area contributed by atoms with E-state index in [1.807, 2.05) is 4.90 Å². The van der Waals surface area contributed by atoms with E-state index in [-0.39, 0.29) is 18.4 Å². The minimum atomic E-state index is -0.277. The molecule has 1 amide bonds. The van der Waals surface area contributed by atoms with Crippen molar-refractivity contribution >= 4 is 35.1 Å². The largest absolute Gasteiger partial charge is 0.486 e. The molecule has 1 saturated heterocycles. The van der Waals surface area contributed by atoms with E-state index in [1.165, 1.54) is 0 Å². The molecule has 1 aliphatic heterocycles. The molecule has 2 N–H and O–H groups in total. The first-order valence-corrected chi connectivity index (χ1v) is 8.72. The molecule has 0 bridgehead atoms. The van der Waals surface area contributed by atoms with E-state index in [0.717, 1.165) is 24.9 Å². The lowest BCUT2D eigenvalue weighted by Gasteiger charge is -2.31. The van der Waals surface area contributed by atoms with Crippen LogP contribution in [-0.4, -0.2) is 29.0 Å². The smallest absolute Gasteiger partial charge is 0.225 e. The average molecular weight is 381 g/mol. The highest BCUT2D eigenvalue weighted by molar-refractivity contribution is 6.35. The molecule has 6 nitrogen and oxygen atoms in total. The fraction of sp³-hybridized carbons (Fsp3) is 0.353. The maximum Gasteiger partial charge on any atom is 0.225 e. The number of carbonyl (C=O) groups excluding carboxylic acids is 1. The molecule has 25 heavy (non-hydrogen) atoms. The number of amides is 1. The highest BCUT2D eigenvalue weighted by Gasteiger charge is 2.25. The molecule has 1 aromatic carbocycles. The predicted octanol–water partition coefficient (Wildman–Crippen LogP) is 3.06. The van der Waals surface area contributed by atoms with Gasteiger partial charge >= 0.3 is 0 Å². The number of hydrogen-bond acceptors (Lipinski definition) is 5. The first-order valence-electron chi connectivity index (χ1n) is 7.96. The molecular formula is C17H18Cl2N4O2. The van der Waals surface area contributed by atoms with E-state index in [0.29, 0.717) is 28.3 Å². The van der Waals surface area contributed by atoms with Gasteiger partial charge in [-0.25, -0.2) is 9.97 Å². The quantitative estimate of drug-likeness (QED) is 0.861. The molecule has 132 valence electrons. The third kappa shape index (κ3) is 4.32. The van der Waals surface area contributed by atoms with Gasteiger partial charge in [-0.05, 0) is 25.0 Å². The van der Waals surface area contributed by atoms with E-state index >= 15 is 0 Å². The van der Waals surface area contributed by atoms with Crippen molar-refractivity contribution in [2.45, 2.75) is 19.4 Å². The van der Waals surface area contributed by atoms with Gasteiger partial charge in [-0.1, -0.05) is 29.3 Å². The van der Waals surface area contributed by atoms with Gasteiger partial charge in [-0.2, -0.15) is 0 Å². The van der Waals surface area contributed by atoms with Gasteiger partial charge < -0.3 is 15.4 Å². The summed E-state index contributed by atoms with van der Waals surface area (Å²) in [7, 11) is 0. The summed E-state index contributed by atoms with van der Waals surface area (Å²) in [6.45, 7) is 1.58. The van der Waals surface area contributed by atoms with Gasteiger partial charge in [0.05, 0.1) is 18.3 Å². The number of nitrogens with zero attached hydrogens (tertiary/aromatic N) is 3. The highest BCUT2D eigenvalue weighted by atomic mass is 35.5. The number of piperidine rings is 1. The maximum absolute atomic E-state index is 11.4. The molecule has 1 aromatic heterocycles. The summed E-state index contributed by atoms with van der Waals surface area (Å²) in [6.07, 6.45) is 4.90. The van der Waals surface area contributed by atoms with Crippen molar-refractivity contribution in [3.63, 3.8) is 0 Å². The molecule has 1 fully saturated rings. The van der Waals surface area contributed by atoms with Gasteiger partial charge in [0.2, 0.25) is 11.9 Å². The Bertz CT molecular complexity index is 735. The zero-order chi connectivity index (χ0) is 17.8. The van der Waals surface area contributed by atoms with E-state index in [2.05, 4.69) is 9.97 Å². The summed E-state index contributed by atoms with van der Waals surface area (Å²) in [6, 6.07) is 5.30. The Balaban J connectivity index is 1.63. The molecule has 0 aliphatic carbocycles. The Labute approximate surface area is 155 Å². The Kier molecular flexibility index (Phi) is 5.60. The molecule has 2 heterocycles. The minimum Gasteiger partial charge on any atom is -0.486 e. The Morgan fingerprint density at radius 1 is 1.28 bits per heavy atom. The summed E-state index contributed by atoms with van der Waals surface area (Å²) in [5.74, 6) is 0.647. The van der Waals surface area contributed by atoms with Crippen LogP contribution >= 0.6 is 23.2 Å². The second kappa shape index (κ2) is 7.89. The lowest BCUT2D eigenvalue weighted by atomic mass is 9.98. The minimum absolute atomic E-state index is 0.157. The van der Waals surface area contributed by atoms with Crippen molar-refractivity contribution in [1.82, 2.24) is 9.97 Å². The highest BCUT2D eigenvalue weighted by Crippen LogP contribution is 2.26. The van der Waals surface area contributed by atoms with Crippen molar-refractivity contribution in [2.75, 3.05) is 18.0 Å². The van der Waals surface area contributed by atoms with E-state index in [4.69, 9.17) is 33.7 Å². The zero-order valence-corrected chi connectivity index (χ0v) is 15.0. The fourth-order valence-corrected chi connectivity index (χ4v) is 3.27.